The zero-order valence-corrected chi connectivity index (χ0v) is 19.7. The molecule has 0 bridgehead atoms. The minimum absolute atomic E-state index is 0.0348. The molecule has 4 aromatic rings. The third-order valence-corrected chi connectivity index (χ3v) is 6.44. The number of fused-ring (bicyclic) bond motifs is 1. The first-order chi connectivity index (χ1) is 15.4. The summed E-state index contributed by atoms with van der Waals surface area (Å²) >= 11 is 1.56. The molecule has 7 heteroatoms. The molecule has 1 N–H and O–H groups in total. The first kappa shape index (κ1) is 22.1. The maximum absolute atomic E-state index is 12.5. The Labute approximate surface area is 192 Å². The van der Waals surface area contributed by atoms with Crippen molar-refractivity contribution in [2.24, 2.45) is 0 Å². The monoisotopic (exact) mass is 448 g/mol. The second-order valence-corrected chi connectivity index (χ2v) is 9.09. The normalized spacial score (nSPS) is 11.4. The molecule has 0 spiro atoms. The zero-order valence-electron chi connectivity index (χ0n) is 18.9. The van der Waals surface area contributed by atoms with Gasteiger partial charge in [-0.2, -0.15) is 0 Å². The molecule has 166 valence electrons. The van der Waals surface area contributed by atoms with E-state index < -0.39 is 0 Å². The van der Waals surface area contributed by atoms with Gasteiger partial charge in [-0.05, 0) is 49.6 Å². The molecular formula is C25H28N4O2S. The average molecular weight is 449 g/mol. The molecule has 2 heterocycles. The SMILES string of the molecule is CCn1c(COc2ccc(C(C)C)cc2)nnc1SCc1cc(=O)c2cc(C)ccc2[nH]1. The summed E-state index contributed by atoms with van der Waals surface area (Å²) in [7, 11) is 0. The molecule has 0 radical (unpaired) electrons. The van der Waals surface area contributed by atoms with Gasteiger partial charge in [0.25, 0.3) is 0 Å². The van der Waals surface area contributed by atoms with Gasteiger partial charge in [0, 0.05) is 35.0 Å². The van der Waals surface area contributed by atoms with Gasteiger partial charge in [-0.3, -0.25) is 4.79 Å². The van der Waals surface area contributed by atoms with Crippen molar-refractivity contribution in [3.8, 4) is 5.75 Å². The Balaban J connectivity index is 1.44. The lowest BCUT2D eigenvalue weighted by molar-refractivity contribution is 0.288. The van der Waals surface area contributed by atoms with Crippen LogP contribution in [-0.2, 0) is 18.9 Å². The number of aromatic amines is 1. The van der Waals surface area contributed by atoms with Crippen molar-refractivity contribution in [1.29, 1.82) is 0 Å². The molecule has 0 atom stereocenters. The molecule has 2 aromatic carbocycles. The first-order valence-electron chi connectivity index (χ1n) is 10.8. The molecule has 0 unspecified atom stereocenters. The fourth-order valence-corrected chi connectivity index (χ4v) is 4.51. The molecule has 0 aliphatic heterocycles. The van der Waals surface area contributed by atoms with Crippen molar-refractivity contribution in [1.82, 2.24) is 19.7 Å². The number of aromatic nitrogens is 4. The quantitative estimate of drug-likeness (QED) is 0.363. The highest BCUT2D eigenvalue weighted by Crippen LogP contribution is 2.23. The fraction of sp³-hybridized carbons (Fsp3) is 0.320. The van der Waals surface area contributed by atoms with Crippen molar-refractivity contribution < 1.29 is 4.74 Å². The van der Waals surface area contributed by atoms with Crippen LogP contribution in [0, 0.1) is 6.92 Å². The Kier molecular flexibility index (Phi) is 6.65. The number of hydrogen-bond donors (Lipinski definition) is 1. The second kappa shape index (κ2) is 9.61. The van der Waals surface area contributed by atoms with Gasteiger partial charge in [0.2, 0.25) is 0 Å². The second-order valence-electron chi connectivity index (χ2n) is 8.15. The van der Waals surface area contributed by atoms with Gasteiger partial charge in [0.15, 0.2) is 16.4 Å². The smallest absolute Gasteiger partial charge is 0.191 e. The highest BCUT2D eigenvalue weighted by molar-refractivity contribution is 7.98. The summed E-state index contributed by atoms with van der Waals surface area (Å²) in [5, 5.41) is 10.2. The highest BCUT2D eigenvalue weighted by Gasteiger charge is 2.13. The zero-order chi connectivity index (χ0) is 22.7. The van der Waals surface area contributed by atoms with E-state index in [2.05, 4.69) is 52.7 Å². The predicted molar refractivity (Wildman–Crippen MR) is 129 cm³/mol. The van der Waals surface area contributed by atoms with Gasteiger partial charge in [-0.1, -0.05) is 49.4 Å². The number of pyridine rings is 1. The number of nitrogens with zero attached hydrogens (tertiary/aromatic N) is 3. The summed E-state index contributed by atoms with van der Waals surface area (Å²) in [6.45, 7) is 9.50. The molecule has 0 saturated heterocycles. The molecule has 0 amide bonds. The number of benzene rings is 2. The minimum atomic E-state index is 0.0348. The summed E-state index contributed by atoms with van der Waals surface area (Å²) in [6.07, 6.45) is 0. The fourth-order valence-electron chi connectivity index (χ4n) is 3.58. The number of nitrogens with one attached hydrogen (secondary N) is 1. The summed E-state index contributed by atoms with van der Waals surface area (Å²) in [4.78, 5) is 15.9. The number of thioether (sulfide) groups is 1. The van der Waals surface area contributed by atoms with Crippen molar-refractivity contribution in [3.63, 3.8) is 0 Å². The number of ether oxygens (including phenoxy) is 1. The van der Waals surface area contributed by atoms with E-state index >= 15 is 0 Å². The molecule has 4 rings (SSSR count). The first-order valence-corrected chi connectivity index (χ1v) is 11.8. The molecule has 32 heavy (non-hydrogen) atoms. The van der Waals surface area contributed by atoms with Gasteiger partial charge >= 0.3 is 0 Å². The van der Waals surface area contributed by atoms with Gasteiger partial charge in [-0.15, -0.1) is 10.2 Å². The van der Waals surface area contributed by atoms with E-state index in [1.54, 1.807) is 17.8 Å². The van der Waals surface area contributed by atoms with Crippen molar-refractivity contribution in [3.05, 3.63) is 81.4 Å². The number of aryl methyl sites for hydroxylation is 1. The topological polar surface area (TPSA) is 72.8 Å². The van der Waals surface area contributed by atoms with Gasteiger partial charge < -0.3 is 14.3 Å². The average Bonchev–Trinajstić information content (AvgIpc) is 3.18. The van der Waals surface area contributed by atoms with Crippen molar-refractivity contribution in [2.75, 3.05) is 0 Å². The van der Waals surface area contributed by atoms with Gasteiger partial charge in [0.1, 0.15) is 12.4 Å². The summed E-state index contributed by atoms with van der Waals surface area (Å²) < 4.78 is 7.99. The Bertz CT molecular complexity index is 1280. The largest absolute Gasteiger partial charge is 0.486 e. The standard InChI is InChI=1S/C25H28N4O2S/c1-5-29-24(14-31-20-9-7-18(8-10-20)16(2)3)27-28-25(29)32-15-19-13-23(30)21-12-17(4)6-11-22(21)26-19/h6-13,16H,5,14-15H2,1-4H3,(H,26,30). The lowest BCUT2D eigenvalue weighted by Crippen LogP contribution is -2.08. The molecule has 2 aromatic heterocycles. The van der Waals surface area contributed by atoms with E-state index in [-0.39, 0.29) is 5.43 Å². The maximum Gasteiger partial charge on any atom is 0.191 e. The van der Waals surface area contributed by atoms with Crippen LogP contribution < -0.4 is 10.2 Å². The minimum Gasteiger partial charge on any atom is -0.486 e. The Morgan fingerprint density at radius 3 is 2.59 bits per heavy atom. The Morgan fingerprint density at radius 2 is 1.88 bits per heavy atom. The molecule has 0 fully saturated rings. The Morgan fingerprint density at radius 1 is 1.09 bits per heavy atom. The lowest BCUT2D eigenvalue weighted by atomic mass is 10.0. The van der Waals surface area contributed by atoms with E-state index in [0.29, 0.717) is 18.3 Å². The molecule has 6 nitrogen and oxygen atoms in total. The number of H-pyrrole nitrogens is 1. The van der Waals surface area contributed by atoms with Crippen molar-refractivity contribution in [2.45, 2.75) is 57.7 Å². The van der Waals surface area contributed by atoms with E-state index in [1.807, 2.05) is 37.3 Å². The Hall–Kier alpha value is -3.06. The van der Waals surface area contributed by atoms with Crippen LogP contribution in [0.3, 0.4) is 0 Å². The molecule has 0 aliphatic carbocycles. The molecular weight excluding hydrogens is 420 g/mol. The highest BCUT2D eigenvalue weighted by atomic mass is 32.2. The van der Waals surface area contributed by atoms with Gasteiger partial charge in [-0.25, -0.2) is 0 Å². The number of rotatable bonds is 8. The van der Waals surface area contributed by atoms with Crippen LogP contribution in [0.5, 0.6) is 5.75 Å². The van der Waals surface area contributed by atoms with Crippen LogP contribution >= 0.6 is 11.8 Å². The summed E-state index contributed by atoms with van der Waals surface area (Å²) in [5.74, 6) is 2.70. The summed E-state index contributed by atoms with van der Waals surface area (Å²) in [6, 6.07) is 15.7. The van der Waals surface area contributed by atoms with E-state index in [4.69, 9.17) is 4.74 Å². The van der Waals surface area contributed by atoms with Gasteiger partial charge in [0.05, 0.1) is 0 Å². The third kappa shape index (κ3) is 4.88. The maximum atomic E-state index is 12.5. The van der Waals surface area contributed by atoms with Crippen LogP contribution in [0.1, 0.15) is 49.3 Å². The van der Waals surface area contributed by atoms with Crippen LogP contribution in [0.2, 0.25) is 0 Å². The molecule has 0 saturated carbocycles. The summed E-state index contributed by atoms with van der Waals surface area (Å²) in [5.41, 5.74) is 4.12. The third-order valence-electron chi connectivity index (χ3n) is 5.42. The van der Waals surface area contributed by atoms with E-state index in [0.717, 1.165) is 45.4 Å². The van der Waals surface area contributed by atoms with E-state index in [9.17, 15) is 4.79 Å². The van der Waals surface area contributed by atoms with Crippen LogP contribution in [0.4, 0.5) is 0 Å². The van der Waals surface area contributed by atoms with E-state index in [1.165, 1.54) is 5.56 Å². The van der Waals surface area contributed by atoms with Crippen LogP contribution in [0.25, 0.3) is 10.9 Å². The van der Waals surface area contributed by atoms with Crippen molar-refractivity contribution >= 4 is 22.7 Å². The lowest BCUT2D eigenvalue weighted by Gasteiger charge is -2.10. The molecule has 0 aliphatic rings. The van der Waals surface area contributed by atoms with Crippen LogP contribution in [0.15, 0.2) is 58.5 Å². The number of hydrogen-bond acceptors (Lipinski definition) is 5. The van der Waals surface area contributed by atoms with Crippen LogP contribution in [-0.4, -0.2) is 19.7 Å². The predicted octanol–water partition coefficient (Wildman–Crippen LogP) is 5.44.